The summed E-state index contributed by atoms with van der Waals surface area (Å²) in [5.74, 6) is -0.568. The predicted molar refractivity (Wildman–Crippen MR) is 81.6 cm³/mol. The highest BCUT2D eigenvalue weighted by molar-refractivity contribution is 7.92. The van der Waals surface area contributed by atoms with Crippen LogP contribution in [0.2, 0.25) is 0 Å². The van der Waals surface area contributed by atoms with Crippen LogP contribution in [-0.2, 0) is 21.0 Å². The lowest BCUT2D eigenvalue weighted by Gasteiger charge is -2.22. The fourth-order valence-electron chi connectivity index (χ4n) is 1.83. The highest BCUT2D eigenvalue weighted by Gasteiger charge is 2.31. The zero-order valence-electron chi connectivity index (χ0n) is 12.9. The summed E-state index contributed by atoms with van der Waals surface area (Å²) in [6, 6.07) is 3.87. The van der Waals surface area contributed by atoms with Crippen LogP contribution in [0.5, 0.6) is 0 Å². The summed E-state index contributed by atoms with van der Waals surface area (Å²) in [5.41, 5.74) is -1.18. The molecule has 1 rings (SSSR count). The number of alkyl halides is 3. The van der Waals surface area contributed by atoms with Crippen molar-refractivity contribution in [3.05, 3.63) is 29.8 Å². The van der Waals surface area contributed by atoms with Gasteiger partial charge in [-0.15, -0.1) is 0 Å². The van der Waals surface area contributed by atoms with Crippen molar-refractivity contribution in [2.75, 3.05) is 23.7 Å². The number of rotatable bonds is 7. The highest BCUT2D eigenvalue weighted by Crippen LogP contribution is 2.32. The predicted octanol–water partition coefficient (Wildman–Crippen LogP) is 2.39. The minimum Gasteiger partial charge on any atom is -0.355 e. The van der Waals surface area contributed by atoms with Crippen LogP contribution in [0.15, 0.2) is 24.3 Å². The molecule has 0 saturated heterocycles. The van der Waals surface area contributed by atoms with Crippen LogP contribution < -0.4 is 9.62 Å². The molecule has 5 nitrogen and oxygen atoms in total. The van der Waals surface area contributed by atoms with Gasteiger partial charge >= 0.3 is 6.18 Å². The van der Waals surface area contributed by atoms with Gasteiger partial charge in [-0.2, -0.15) is 13.2 Å². The molecule has 9 heteroatoms. The molecule has 1 amide bonds. The number of nitrogens with one attached hydrogen (secondary N) is 1. The van der Waals surface area contributed by atoms with Crippen LogP contribution in [0.1, 0.15) is 25.3 Å². The molecule has 0 radical (unpaired) electrons. The third-order valence-electron chi connectivity index (χ3n) is 3.00. The second kappa shape index (κ2) is 7.67. The van der Waals surface area contributed by atoms with E-state index in [4.69, 9.17) is 0 Å². The molecule has 1 N–H and O–H groups in total. The Morgan fingerprint density at radius 3 is 2.48 bits per heavy atom. The van der Waals surface area contributed by atoms with Crippen molar-refractivity contribution in [3.8, 4) is 0 Å². The van der Waals surface area contributed by atoms with Gasteiger partial charge in [0.25, 0.3) is 0 Å². The quantitative estimate of drug-likeness (QED) is 0.766. The number of anilines is 1. The molecule has 23 heavy (non-hydrogen) atoms. The van der Waals surface area contributed by atoms with Crippen LogP contribution >= 0.6 is 0 Å². The third-order valence-corrected chi connectivity index (χ3v) is 4.14. The van der Waals surface area contributed by atoms with E-state index in [9.17, 15) is 26.4 Å². The number of halogens is 3. The van der Waals surface area contributed by atoms with E-state index in [1.54, 1.807) is 0 Å². The van der Waals surface area contributed by atoms with E-state index in [1.165, 1.54) is 6.07 Å². The number of carbonyl (C=O) groups excluding carboxylic acids is 1. The molecule has 0 unspecified atom stereocenters. The molecule has 0 aromatic heterocycles. The fraction of sp³-hybridized carbons (Fsp3) is 0.500. The SMILES string of the molecule is CCCCNC(=O)CN(c1cccc(C(F)(F)F)c1)S(C)(=O)=O. The number of benzene rings is 1. The van der Waals surface area contributed by atoms with Crippen LogP contribution in [0.4, 0.5) is 18.9 Å². The van der Waals surface area contributed by atoms with Crippen molar-refractivity contribution in [1.82, 2.24) is 5.32 Å². The lowest BCUT2D eigenvalue weighted by atomic mass is 10.2. The Morgan fingerprint density at radius 1 is 1.30 bits per heavy atom. The number of carbonyl (C=O) groups is 1. The number of sulfonamides is 1. The van der Waals surface area contributed by atoms with Crippen molar-refractivity contribution < 1.29 is 26.4 Å². The van der Waals surface area contributed by atoms with E-state index in [1.807, 2.05) is 6.92 Å². The van der Waals surface area contributed by atoms with E-state index in [-0.39, 0.29) is 5.69 Å². The summed E-state index contributed by atoms with van der Waals surface area (Å²) in [6.07, 6.45) is -2.17. The van der Waals surface area contributed by atoms with Crippen LogP contribution in [0.25, 0.3) is 0 Å². The molecule has 0 aliphatic heterocycles. The second-order valence-electron chi connectivity index (χ2n) is 5.02. The smallest absolute Gasteiger partial charge is 0.355 e. The van der Waals surface area contributed by atoms with Gasteiger partial charge in [0.15, 0.2) is 0 Å². The molecule has 130 valence electrons. The first kappa shape index (κ1) is 19.3. The Kier molecular flexibility index (Phi) is 6.43. The number of hydrogen-bond donors (Lipinski definition) is 1. The molecular weight excluding hydrogens is 333 g/mol. The van der Waals surface area contributed by atoms with Gasteiger partial charge in [-0.25, -0.2) is 8.42 Å². The number of amides is 1. The third kappa shape index (κ3) is 6.09. The Balaban J connectivity index is 3.02. The van der Waals surface area contributed by atoms with E-state index >= 15 is 0 Å². The maximum Gasteiger partial charge on any atom is 0.416 e. The van der Waals surface area contributed by atoms with Crippen LogP contribution in [0.3, 0.4) is 0 Å². The van der Waals surface area contributed by atoms with Crippen LogP contribution in [-0.4, -0.2) is 33.7 Å². The minimum atomic E-state index is -4.59. The Morgan fingerprint density at radius 2 is 1.96 bits per heavy atom. The topological polar surface area (TPSA) is 66.5 Å². The van der Waals surface area contributed by atoms with Crippen molar-refractivity contribution in [3.63, 3.8) is 0 Å². The van der Waals surface area contributed by atoms with Gasteiger partial charge in [0.1, 0.15) is 6.54 Å². The molecule has 0 bridgehead atoms. The monoisotopic (exact) mass is 352 g/mol. The number of unbranched alkanes of at least 4 members (excludes halogenated alkanes) is 1. The van der Waals surface area contributed by atoms with E-state index in [0.717, 1.165) is 31.2 Å². The van der Waals surface area contributed by atoms with E-state index in [0.29, 0.717) is 16.9 Å². The molecule has 1 aromatic rings. The van der Waals surface area contributed by atoms with Crippen molar-refractivity contribution >= 4 is 21.6 Å². The molecule has 0 fully saturated rings. The summed E-state index contributed by atoms with van der Waals surface area (Å²) in [7, 11) is -3.90. The lowest BCUT2D eigenvalue weighted by Crippen LogP contribution is -2.40. The standard InChI is InChI=1S/C14H19F3N2O3S/c1-3-4-8-18-13(20)10-19(23(2,21)22)12-7-5-6-11(9-12)14(15,16)17/h5-7,9H,3-4,8,10H2,1-2H3,(H,18,20). The van der Waals surface area contributed by atoms with Crippen molar-refractivity contribution in [1.29, 1.82) is 0 Å². The van der Waals surface area contributed by atoms with Crippen molar-refractivity contribution in [2.45, 2.75) is 25.9 Å². The van der Waals surface area contributed by atoms with Crippen molar-refractivity contribution in [2.24, 2.45) is 0 Å². The Bertz CT molecular complexity index is 645. The molecular formula is C14H19F3N2O3S. The zero-order valence-corrected chi connectivity index (χ0v) is 13.7. The lowest BCUT2D eigenvalue weighted by molar-refractivity contribution is -0.137. The first-order valence-electron chi connectivity index (χ1n) is 6.97. The summed E-state index contributed by atoms with van der Waals surface area (Å²) >= 11 is 0. The van der Waals surface area contributed by atoms with E-state index < -0.39 is 34.2 Å². The fourth-order valence-corrected chi connectivity index (χ4v) is 2.68. The maximum absolute atomic E-state index is 12.7. The maximum atomic E-state index is 12.7. The molecule has 1 aromatic carbocycles. The molecule has 0 spiro atoms. The first-order valence-corrected chi connectivity index (χ1v) is 8.82. The number of hydrogen-bond acceptors (Lipinski definition) is 3. The Hall–Kier alpha value is -1.77. The normalized spacial score (nSPS) is 12.0. The highest BCUT2D eigenvalue weighted by atomic mass is 32.2. The van der Waals surface area contributed by atoms with Gasteiger partial charge in [0.05, 0.1) is 17.5 Å². The van der Waals surface area contributed by atoms with Gasteiger partial charge in [-0.3, -0.25) is 9.10 Å². The minimum absolute atomic E-state index is 0.201. The van der Waals surface area contributed by atoms with E-state index in [2.05, 4.69) is 5.32 Å². The number of nitrogens with zero attached hydrogens (tertiary/aromatic N) is 1. The molecule has 0 atom stereocenters. The second-order valence-corrected chi connectivity index (χ2v) is 6.93. The molecule has 0 heterocycles. The van der Waals surface area contributed by atoms with Gasteiger partial charge < -0.3 is 5.32 Å². The largest absolute Gasteiger partial charge is 0.416 e. The molecule has 0 aliphatic rings. The summed E-state index contributed by atoms with van der Waals surface area (Å²) < 4.78 is 62.5. The van der Waals surface area contributed by atoms with Gasteiger partial charge in [-0.05, 0) is 24.6 Å². The molecule has 0 aliphatic carbocycles. The van der Waals surface area contributed by atoms with Crippen LogP contribution in [0, 0.1) is 0 Å². The average molecular weight is 352 g/mol. The summed E-state index contributed by atoms with van der Waals surface area (Å²) in [4.78, 5) is 11.8. The average Bonchev–Trinajstić information content (AvgIpc) is 2.43. The van der Waals surface area contributed by atoms with Gasteiger partial charge in [0.2, 0.25) is 15.9 Å². The summed E-state index contributed by atoms with van der Waals surface area (Å²) in [6.45, 7) is 1.75. The van der Waals surface area contributed by atoms with Gasteiger partial charge in [-0.1, -0.05) is 19.4 Å². The summed E-state index contributed by atoms with van der Waals surface area (Å²) in [5, 5.41) is 2.53. The van der Waals surface area contributed by atoms with Gasteiger partial charge in [0, 0.05) is 6.54 Å². The Labute approximate surface area is 133 Å². The zero-order chi connectivity index (χ0) is 17.7. The molecule has 0 saturated carbocycles. The first-order chi connectivity index (χ1) is 10.6.